The van der Waals surface area contributed by atoms with E-state index in [0.29, 0.717) is 13.1 Å². The Hall–Kier alpha value is -2.58. The third-order valence-electron chi connectivity index (χ3n) is 5.87. The molecular formula is C23H29N3O2. The number of carbonyl (C=O) groups excluding carboxylic acids is 1. The van der Waals surface area contributed by atoms with Crippen molar-refractivity contribution in [3.05, 3.63) is 42.0 Å². The summed E-state index contributed by atoms with van der Waals surface area (Å²) in [6.45, 7) is 0.988. The van der Waals surface area contributed by atoms with E-state index in [2.05, 4.69) is 30.3 Å². The lowest BCUT2D eigenvalue weighted by atomic mass is 9.81. The first-order valence-electron chi connectivity index (χ1n) is 9.90. The number of rotatable bonds is 6. The molecule has 1 fully saturated rings. The number of amides is 1. The van der Waals surface area contributed by atoms with Gasteiger partial charge in [-0.25, -0.2) is 0 Å². The summed E-state index contributed by atoms with van der Waals surface area (Å²) in [6, 6.07) is 14.8. The average molecular weight is 380 g/mol. The molecule has 1 amide bonds. The molecule has 5 heteroatoms. The van der Waals surface area contributed by atoms with Crippen LogP contribution in [0.3, 0.4) is 0 Å². The fraction of sp³-hybridized carbons (Fsp3) is 0.478. The van der Waals surface area contributed by atoms with Gasteiger partial charge in [0.1, 0.15) is 11.3 Å². The van der Waals surface area contributed by atoms with E-state index in [4.69, 9.17) is 4.74 Å². The van der Waals surface area contributed by atoms with Crippen LogP contribution in [0.25, 0.3) is 10.8 Å². The molecule has 0 N–H and O–H groups in total. The van der Waals surface area contributed by atoms with Crippen LogP contribution in [0.2, 0.25) is 0 Å². The second-order valence-corrected chi connectivity index (χ2v) is 7.88. The van der Waals surface area contributed by atoms with Gasteiger partial charge in [-0.2, -0.15) is 5.26 Å². The Labute approximate surface area is 167 Å². The van der Waals surface area contributed by atoms with Crippen molar-refractivity contribution < 1.29 is 9.53 Å². The summed E-state index contributed by atoms with van der Waals surface area (Å²) in [4.78, 5) is 16.5. The van der Waals surface area contributed by atoms with Crippen molar-refractivity contribution in [2.45, 2.75) is 44.2 Å². The van der Waals surface area contributed by atoms with E-state index < -0.39 is 5.54 Å². The van der Waals surface area contributed by atoms with E-state index in [1.54, 1.807) is 19.1 Å². The van der Waals surface area contributed by atoms with Gasteiger partial charge >= 0.3 is 0 Å². The van der Waals surface area contributed by atoms with E-state index in [1.165, 1.54) is 0 Å². The number of likely N-dealkylation sites (N-methyl/N-ethyl adjacent to an activating group) is 2. The summed E-state index contributed by atoms with van der Waals surface area (Å²) in [6.07, 6.45) is 4.75. The normalized spacial score (nSPS) is 16.0. The number of hydrogen-bond acceptors (Lipinski definition) is 4. The van der Waals surface area contributed by atoms with E-state index in [9.17, 15) is 10.1 Å². The molecule has 0 aliphatic heterocycles. The molecule has 0 spiro atoms. The molecule has 1 aliphatic carbocycles. The van der Waals surface area contributed by atoms with E-state index >= 15 is 0 Å². The molecule has 148 valence electrons. The van der Waals surface area contributed by atoms with Gasteiger partial charge in [0.25, 0.3) is 0 Å². The highest BCUT2D eigenvalue weighted by molar-refractivity contribution is 5.84. The third kappa shape index (κ3) is 4.28. The van der Waals surface area contributed by atoms with Crippen LogP contribution in [0.5, 0.6) is 5.75 Å². The number of ether oxygens (including phenoxy) is 1. The molecule has 0 heterocycles. The van der Waals surface area contributed by atoms with Crippen LogP contribution < -0.4 is 4.74 Å². The Balaban J connectivity index is 1.64. The first-order chi connectivity index (χ1) is 13.5. The Morgan fingerprint density at radius 2 is 1.79 bits per heavy atom. The lowest BCUT2D eigenvalue weighted by Crippen LogP contribution is -2.52. The molecule has 0 saturated heterocycles. The molecule has 1 aliphatic rings. The molecule has 0 aromatic heterocycles. The van der Waals surface area contributed by atoms with Crippen molar-refractivity contribution in [3.63, 3.8) is 0 Å². The maximum atomic E-state index is 12.8. The van der Waals surface area contributed by atoms with Crippen LogP contribution in [0.4, 0.5) is 0 Å². The summed E-state index contributed by atoms with van der Waals surface area (Å²) in [7, 11) is 5.40. The molecule has 0 atom stereocenters. The molecule has 5 nitrogen and oxygen atoms in total. The lowest BCUT2D eigenvalue weighted by molar-refractivity contribution is -0.135. The highest BCUT2D eigenvalue weighted by atomic mass is 16.5. The first kappa shape index (κ1) is 20.2. The van der Waals surface area contributed by atoms with Crippen LogP contribution in [0, 0.1) is 11.3 Å². The summed E-state index contributed by atoms with van der Waals surface area (Å²) < 4.78 is 5.28. The van der Waals surface area contributed by atoms with Crippen LogP contribution in [-0.4, -0.2) is 49.0 Å². The van der Waals surface area contributed by atoms with Gasteiger partial charge in [-0.1, -0.05) is 37.5 Å². The number of nitrogens with zero attached hydrogens (tertiary/aromatic N) is 3. The minimum atomic E-state index is -0.627. The topological polar surface area (TPSA) is 56.6 Å². The number of fused-ring (bicyclic) bond motifs is 1. The van der Waals surface area contributed by atoms with Crippen LogP contribution in [0.1, 0.15) is 37.7 Å². The van der Waals surface area contributed by atoms with Crippen molar-refractivity contribution >= 4 is 16.7 Å². The largest absolute Gasteiger partial charge is 0.497 e. The molecular weight excluding hydrogens is 350 g/mol. The van der Waals surface area contributed by atoms with Gasteiger partial charge in [0.05, 0.1) is 19.7 Å². The van der Waals surface area contributed by atoms with Crippen molar-refractivity contribution in [2.75, 3.05) is 27.7 Å². The van der Waals surface area contributed by atoms with Gasteiger partial charge in [0.15, 0.2) is 0 Å². The fourth-order valence-corrected chi connectivity index (χ4v) is 4.10. The third-order valence-corrected chi connectivity index (χ3v) is 5.87. The standard InChI is InChI=1S/C23H29N3O2/c1-25(16-22(27)26(2)23(17-24)11-5-4-6-12-23)15-18-7-8-20-14-21(28-3)10-9-19(20)13-18/h7-10,13-14H,4-6,11-12,15-16H2,1-3H3. The molecule has 0 bridgehead atoms. The van der Waals surface area contributed by atoms with Crippen molar-refractivity contribution in [1.29, 1.82) is 5.26 Å². The van der Waals surface area contributed by atoms with Crippen LogP contribution in [0.15, 0.2) is 36.4 Å². The molecule has 3 rings (SSSR count). The second-order valence-electron chi connectivity index (χ2n) is 7.88. The predicted molar refractivity (Wildman–Crippen MR) is 111 cm³/mol. The summed E-state index contributed by atoms with van der Waals surface area (Å²) in [5.41, 5.74) is 0.529. The van der Waals surface area contributed by atoms with Gasteiger partial charge in [-0.3, -0.25) is 9.69 Å². The van der Waals surface area contributed by atoms with E-state index in [0.717, 1.165) is 54.2 Å². The van der Waals surface area contributed by atoms with Crippen LogP contribution in [-0.2, 0) is 11.3 Å². The Bertz CT molecular complexity index is 881. The van der Waals surface area contributed by atoms with Crippen molar-refractivity contribution in [2.24, 2.45) is 0 Å². The fourth-order valence-electron chi connectivity index (χ4n) is 4.10. The first-order valence-corrected chi connectivity index (χ1v) is 9.90. The van der Waals surface area contributed by atoms with Gasteiger partial charge in [-0.05, 0) is 54.4 Å². The number of carbonyl (C=O) groups is 1. The number of benzene rings is 2. The predicted octanol–water partition coefficient (Wildman–Crippen LogP) is 3.97. The summed E-state index contributed by atoms with van der Waals surface area (Å²) in [5, 5.41) is 12.0. The Morgan fingerprint density at radius 3 is 2.46 bits per heavy atom. The zero-order valence-electron chi connectivity index (χ0n) is 17.1. The minimum Gasteiger partial charge on any atom is -0.497 e. The molecule has 2 aromatic carbocycles. The smallest absolute Gasteiger partial charge is 0.237 e. The summed E-state index contributed by atoms with van der Waals surface area (Å²) >= 11 is 0. The van der Waals surface area contributed by atoms with Gasteiger partial charge in [-0.15, -0.1) is 0 Å². The molecule has 0 unspecified atom stereocenters. The Morgan fingerprint density at radius 1 is 1.11 bits per heavy atom. The minimum absolute atomic E-state index is 0.0106. The molecule has 0 radical (unpaired) electrons. The number of hydrogen-bond donors (Lipinski definition) is 0. The maximum absolute atomic E-state index is 12.8. The SMILES string of the molecule is COc1ccc2cc(CN(C)CC(=O)N(C)C3(C#N)CCCCC3)ccc2c1. The zero-order chi connectivity index (χ0) is 20.1. The number of methoxy groups -OCH3 is 1. The zero-order valence-corrected chi connectivity index (χ0v) is 17.1. The van der Waals surface area contributed by atoms with Gasteiger partial charge < -0.3 is 9.64 Å². The summed E-state index contributed by atoms with van der Waals surface area (Å²) in [5.74, 6) is 0.858. The maximum Gasteiger partial charge on any atom is 0.237 e. The Kier molecular flexibility index (Phi) is 6.21. The quantitative estimate of drug-likeness (QED) is 0.762. The highest BCUT2D eigenvalue weighted by Crippen LogP contribution is 2.32. The van der Waals surface area contributed by atoms with Crippen LogP contribution >= 0.6 is 0 Å². The number of nitriles is 1. The molecule has 28 heavy (non-hydrogen) atoms. The highest BCUT2D eigenvalue weighted by Gasteiger charge is 2.38. The van der Waals surface area contributed by atoms with Gasteiger partial charge in [0.2, 0.25) is 5.91 Å². The second kappa shape index (κ2) is 8.62. The van der Waals surface area contributed by atoms with Gasteiger partial charge in [0, 0.05) is 13.6 Å². The van der Waals surface area contributed by atoms with Crippen molar-refractivity contribution in [3.8, 4) is 11.8 Å². The average Bonchev–Trinajstić information content (AvgIpc) is 2.73. The van der Waals surface area contributed by atoms with Crippen molar-refractivity contribution in [1.82, 2.24) is 9.80 Å². The lowest BCUT2D eigenvalue weighted by Gasteiger charge is -2.39. The van der Waals surface area contributed by atoms with E-state index in [1.807, 2.05) is 24.1 Å². The van der Waals surface area contributed by atoms with E-state index in [-0.39, 0.29) is 5.91 Å². The monoisotopic (exact) mass is 379 g/mol. The molecule has 2 aromatic rings. The molecule has 1 saturated carbocycles.